The lowest BCUT2D eigenvalue weighted by Gasteiger charge is -2.18. The van der Waals surface area contributed by atoms with Crippen LogP contribution in [0.3, 0.4) is 0 Å². The number of sulfonamides is 1. The summed E-state index contributed by atoms with van der Waals surface area (Å²) in [6.07, 6.45) is 4.33. The van der Waals surface area contributed by atoms with E-state index in [9.17, 15) is 13.2 Å². The third-order valence-corrected chi connectivity index (χ3v) is 8.04. The maximum absolute atomic E-state index is 12.6. The second-order valence-electron chi connectivity index (χ2n) is 9.83. The summed E-state index contributed by atoms with van der Waals surface area (Å²) in [6.45, 7) is 8.10. The average molecular weight is 533 g/mol. The lowest BCUT2D eigenvalue weighted by molar-refractivity contribution is 0.241. The smallest absolute Gasteiger partial charge is 0.328 e. The molecule has 4 aromatic rings. The van der Waals surface area contributed by atoms with Gasteiger partial charge in [-0.15, -0.1) is 0 Å². The number of aromatic nitrogens is 2. The van der Waals surface area contributed by atoms with Crippen molar-refractivity contribution in [1.29, 1.82) is 0 Å². The topological polar surface area (TPSA) is 93.1 Å². The number of amides is 2. The summed E-state index contributed by atoms with van der Waals surface area (Å²) >= 11 is 0. The molecule has 38 heavy (non-hydrogen) atoms. The van der Waals surface area contributed by atoms with E-state index in [0.717, 1.165) is 52.9 Å². The molecule has 2 N–H and O–H groups in total. The number of carbonyl (C=O) groups is 1. The number of nitrogens with zero attached hydrogens (tertiary/aromatic N) is 2. The van der Waals surface area contributed by atoms with Gasteiger partial charge in [0, 0.05) is 18.2 Å². The summed E-state index contributed by atoms with van der Waals surface area (Å²) in [7, 11) is -3.94. The minimum Gasteiger partial charge on any atom is -0.334 e. The highest BCUT2D eigenvalue weighted by atomic mass is 32.2. The van der Waals surface area contributed by atoms with Crippen LogP contribution >= 0.6 is 0 Å². The van der Waals surface area contributed by atoms with E-state index in [1.807, 2.05) is 13.8 Å². The molecule has 3 aromatic carbocycles. The second kappa shape index (κ2) is 11.8. The van der Waals surface area contributed by atoms with Gasteiger partial charge in [0.25, 0.3) is 10.0 Å². The molecular weight excluding hydrogens is 496 g/mol. The van der Waals surface area contributed by atoms with Gasteiger partial charge in [-0.05, 0) is 80.6 Å². The third-order valence-electron chi connectivity index (χ3n) is 6.70. The first kappa shape index (κ1) is 27.4. The molecule has 200 valence electrons. The molecule has 4 rings (SSSR count). The Morgan fingerprint density at radius 3 is 2.29 bits per heavy atom. The van der Waals surface area contributed by atoms with Gasteiger partial charge < -0.3 is 5.32 Å². The fourth-order valence-electron chi connectivity index (χ4n) is 4.51. The maximum atomic E-state index is 12.6. The zero-order valence-corrected chi connectivity index (χ0v) is 23.3. The molecule has 0 bridgehead atoms. The molecular formula is C30H36N4O3S. The average Bonchev–Trinajstić information content (AvgIpc) is 3.24. The molecule has 7 nitrogen and oxygen atoms in total. The lowest BCUT2D eigenvalue weighted by atomic mass is 10.0. The van der Waals surface area contributed by atoms with Crippen LogP contribution in [0.1, 0.15) is 55.6 Å². The molecule has 0 fully saturated rings. The summed E-state index contributed by atoms with van der Waals surface area (Å²) in [4.78, 5) is 17.5. The normalized spacial score (nSPS) is 12.4. The zero-order valence-electron chi connectivity index (χ0n) is 22.5. The van der Waals surface area contributed by atoms with Gasteiger partial charge in [-0.1, -0.05) is 56.2 Å². The van der Waals surface area contributed by atoms with Crippen LogP contribution in [0.2, 0.25) is 0 Å². The van der Waals surface area contributed by atoms with Crippen LogP contribution in [0.15, 0.2) is 71.6 Å². The van der Waals surface area contributed by atoms with Gasteiger partial charge in [-0.3, -0.25) is 4.57 Å². The van der Waals surface area contributed by atoms with Crippen molar-refractivity contribution < 1.29 is 13.2 Å². The van der Waals surface area contributed by atoms with Crippen LogP contribution in [-0.4, -0.2) is 30.0 Å². The highest BCUT2D eigenvalue weighted by Crippen LogP contribution is 2.24. The van der Waals surface area contributed by atoms with E-state index in [1.165, 1.54) is 17.7 Å². The fraction of sp³-hybridized carbons (Fsp3) is 0.333. The third kappa shape index (κ3) is 6.42. The predicted octanol–water partition coefficient (Wildman–Crippen LogP) is 5.99. The van der Waals surface area contributed by atoms with Crippen molar-refractivity contribution in [2.75, 3.05) is 0 Å². The second-order valence-corrected chi connectivity index (χ2v) is 11.5. The Morgan fingerprint density at radius 1 is 0.947 bits per heavy atom. The molecule has 0 saturated heterocycles. The first-order valence-corrected chi connectivity index (χ1v) is 14.7. The molecule has 0 aliphatic heterocycles. The standard InChI is InChI=1S/C30H36N4O3S/c1-5-7-8-29-32-27-19-22(4)11-18-28(27)34(29)25-14-12-23(13-15-25)20-24(6-2)31-30(35)33-38(36,37)26-16-9-21(3)10-17-26/h9-19,24H,5-8,20H2,1-4H3,(H2,31,33,35). The van der Waals surface area contributed by atoms with E-state index >= 15 is 0 Å². The Balaban J connectivity index is 1.47. The van der Waals surface area contributed by atoms with Crippen molar-refractivity contribution in [2.24, 2.45) is 0 Å². The van der Waals surface area contributed by atoms with Gasteiger partial charge in [0.05, 0.1) is 15.9 Å². The summed E-state index contributed by atoms with van der Waals surface area (Å²) in [5, 5.41) is 2.81. The zero-order chi connectivity index (χ0) is 27.3. The Hall–Kier alpha value is -3.65. The maximum Gasteiger partial charge on any atom is 0.328 e. The van der Waals surface area contributed by atoms with Crippen molar-refractivity contribution in [3.63, 3.8) is 0 Å². The molecule has 1 atom stereocenters. The van der Waals surface area contributed by atoms with E-state index in [1.54, 1.807) is 12.1 Å². The number of rotatable bonds is 10. The highest BCUT2D eigenvalue weighted by Gasteiger charge is 2.20. The molecule has 0 saturated carbocycles. The van der Waals surface area contributed by atoms with Crippen LogP contribution in [0.25, 0.3) is 16.7 Å². The largest absolute Gasteiger partial charge is 0.334 e. The molecule has 0 radical (unpaired) electrons. The van der Waals surface area contributed by atoms with Crippen LogP contribution in [-0.2, 0) is 22.9 Å². The number of unbranched alkanes of at least 4 members (excludes halogenated alkanes) is 1. The number of imidazole rings is 1. The first-order chi connectivity index (χ1) is 18.2. The number of urea groups is 1. The molecule has 2 amide bonds. The molecule has 1 heterocycles. The van der Waals surface area contributed by atoms with Gasteiger partial charge in [-0.2, -0.15) is 0 Å². The van der Waals surface area contributed by atoms with E-state index in [4.69, 9.17) is 4.98 Å². The Kier molecular flexibility index (Phi) is 8.52. The Labute approximate surface area is 225 Å². The number of benzene rings is 3. The number of fused-ring (bicyclic) bond motifs is 1. The molecule has 0 spiro atoms. The minimum atomic E-state index is -3.94. The summed E-state index contributed by atoms with van der Waals surface area (Å²) < 4.78 is 29.5. The summed E-state index contributed by atoms with van der Waals surface area (Å²) in [6, 6.07) is 20.1. The summed E-state index contributed by atoms with van der Waals surface area (Å²) in [5.74, 6) is 1.06. The van der Waals surface area contributed by atoms with Crippen molar-refractivity contribution in [3.8, 4) is 5.69 Å². The quantitative estimate of drug-likeness (QED) is 0.262. The summed E-state index contributed by atoms with van der Waals surface area (Å²) in [5.41, 5.74) is 6.33. The van der Waals surface area contributed by atoms with Gasteiger partial charge in [-0.25, -0.2) is 22.9 Å². The van der Waals surface area contributed by atoms with Gasteiger partial charge >= 0.3 is 6.03 Å². The van der Waals surface area contributed by atoms with Crippen molar-refractivity contribution in [2.45, 2.75) is 70.7 Å². The molecule has 0 aliphatic carbocycles. The number of hydrogen-bond donors (Lipinski definition) is 2. The monoisotopic (exact) mass is 532 g/mol. The van der Waals surface area contributed by atoms with E-state index in [2.05, 4.69) is 70.9 Å². The molecule has 8 heteroatoms. The predicted molar refractivity (Wildman–Crippen MR) is 152 cm³/mol. The fourth-order valence-corrected chi connectivity index (χ4v) is 5.42. The van der Waals surface area contributed by atoms with E-state index in [0.29, 0.717) is 12.8 Å². The molecule has 1 unspecified atom stereocenters. The van der Waals surface area contributed by atoms with Gasteiger partial charge in [0.1, 0.15) is 5.82 Å². The van der Waals surface area contributed by atoms with Crippen molar-refractivity contribution in [3.05, 3.63) is 89.2 Å². The Bertz CT molecular complexity index is 1510. The molecule has 1 aromatic heterocycles. The van der Waals surface area contributed by atoms with Gasteiger partial charge in [0.2, 0.25) is 0 Å². The lowest BCUT2D eigenvalue weighted by Crippen LogP contribution is -2.45. The van der Waals surface area contributed by atoms with Crippen LogP contribution < -0.4 is 10.0 Å². The number of aryl methyl sites for hydroxylation is 3. The van der Waals surface area contributed by atoms with Crippen molar-refractivity contribution >= 4 is 27.1 Å². The Morgan fingerprint density at radius 2 is 1.63 bits per heavy atom. The molecule has 0 aliphatic rings. The first-order valence-electron chi connectivity index (χ1n) is 13.2. The van der Waals surface area contributed by atoms with E-state index < -0.39 is 16.1 Å². The van der Waals surface area contributed by atoms with Crippen LogP contribution in [0.4, 0.5) is 4.79 Å². The SMILES string of the molecule is CCCCc1nc2cc(C)ccc2n1-c1ccc(CC(CC)NC(=O)NS(=O)(=O)c2ccc(C)cc2)cc1. The van der Waals surface area contributed by atoms with Crippen molar-refractivity contribution in [1.82, 2.24) is 19.6 Å². The number of nitrogens with one attached hydrogen (secondary N) is 2. The van der Waals surface area contributed by atoms with E-state index in [-0.39, 0.29) is 10.9 Å². The van der Waals surface area contributed by atoms with Crippen LogP contribution in [0.5, 0.6) is 0 Å². The minimum absolute atomic E-state index is 0.0578. The van der Waals surface area contributed by atoms with Gasteiger partial charge in [0.15, 0.2) is 0 Å². The number of carbonyl (C=O) groups excluding carboxylic acids is 1. The highest BCUT2D eigenvalue weighted by molar-refractivity contribution is 7.90. The van der Waals surface area contributed by atoms with Crippen LogP contribution in [0, 0.1) is 13.8 Å². The number of hydrogen-bond acceptors (Lipinski definition) is 4.